The van der Waals surface area contributed by atoms with Gasteiger partial charge in [-0.2, -0.15) is 0 Å². The first-order valence-corrected chi connectivity index (χ1v) is 0. The summed E-state index contributed by atoms with van der Waals surface area (Å²) in [6.07, 6.45) is 0. The van der Waals surface area contributed by atoms with E-state index in [1.807, 2.05) is 0 Å². The van der Waals surface area contributed by atoms with E-state index in [2.05, 4.69) is 0 Å². The van der Waals surface area contributed by atoms with E-state index in [0.29, 0.717) is 0 Å². The molecule has 0 heterocycles. The van der Waals surface area contributed by atoms with Crippen LogP contribution in [0.3, 0.4) is 0 Å². The molecule has 7 heavy (non-hydrogen) atoms. The molecule has 0 atom stereocenters. The maximum atomic E-state index is 0. The third-order valence-electron chi connectivity index (χ3n) is 0. The van der Waals surface area contributed by atoms with Crippen molar-refractivity contribution in [1.29, 1.82) is 0 Å². The Kier molecular flexibility index (Phi) is 355. The summed E-state index contributed by atoms with van der Waals surface area (Å²) in [7, 11) is 0. The van der Waals surface area contributed by atoms with E-state index in [1.54, 1.807) is 0 Å². The smallest absolute Gasteiger partial charge is 0 e. The molecule has 0 rings (SSSR count). The molecule has 0 unspecified atom stereocenters. The van der Waals surface area contributed by atoms with E-state index in [9.17, 15) is 0 Å². The van der Waals surface area contributed by atoms with Crippen LogP contribution in [0.5, 0.6) is 0 Å². The van der Waals surface area contributed by atoms with E-state index in [0.717, 1.165) is 0 Å². The Morgan fingerprint density at radius 1 is 1.00 bits per heavy atom. The minimum Gasteiger partial charge on any atom is 0 e. The maximum Gasteiger partial charge on any atom is 0 e. The van der Waals surface area contributed by atoms with Gasteiger partial charge in [0.15, 0.2) is 0 Å². The second-order valence-corrected chi connectivity index (χ2v) is 0. The molecule has 0 saturated heterocycles. The fraction of sp³-hybridized carbons (Fsp3) is 0. The topological polar surface area (TPSA) is 0 Å². The summed E-state index contributed by atoms with van der Waals surface area (Å²) in [6, 6.07) is 0. The van der Waals surface area contributed by atoms with E-state index >= 15 is 0 Å². The molecule has 0 N–H and O–H groups in total. The Morgan fingerprint density at radius 2 is 1.00 bits per heavy atom. The second kappa shape index (κ2) is 43.4. The van der Waals surface area contributed by atoms with E-state index in [1.165, 1.54) is 0 Å². The van der Waals surface area contributed by atoms with Gasteiger partial charge in [0.25, 0.3) is 0 Å². The standard InChI is InChI=1S/Bi.Cu.Mo.Pb.Sn.W.Zn. The molecule has 7 heteroatoms. The molecule has 12 radical (unpaired) electrons. The predicted molar refractivity (Wildman–Crippen MR) is 17.3 cm³/mol. The zero-order valence-electron chi connectivity index (χ0n) is 3.27. The Balaban J connectivity index is 0. The number of hydrogen-bond donors (Lipinski definition) is 0. The van der Waals surface area contributed by atoms with Crippen LogP contribution in [0.1, 0.15) is 0 Å². The van der Waals surface area contributed by atoms with Gasteiger partial charge in [-0.05, 0) is 0 Å². The first kappa shape index (κ1) is 57.1. The summed E-state index contributed by atoms with van der Waals surface area (Å²) in [4.78, 5) is 0. The van der Waals surface area contributed by atoms with Crippen LogP contribution in [0.4, 0.5) is 0 Å². The Labute approximate surface area is 152 Å². The van der Waals surface area contributed by atoms with Crippen molar-refractivity contribution in [3.8, 4) is 0 Å². The van der Waals surface area contributed by atoms with Crippen LogP contribution in [0.25, 0.3) is 0 Å². The zero-order valence-corrected chi connectivity index (χ0v) is 22.3. The maximum absolute atomic E-state index is 0. The van der Waals surface area contributed by atoms with Crippen molar-refractivity contribution in [2.24, 2.45) is 0 Å². The summed E-state index contributed by atoms with van der Waals surface area (Å²) in [5.74, 6) is 0. The molecule has 0 saturated carbocycles. The molecule has 0 aromatic heterocycles. The molecule has 0 aliphatic rings. The summed E-state index contributed by atoms with van der Waals surface area (Å²) in [5.41, 5.74) is 0. The van der Waals surface area contributed by atoms with Crippen LogP contribution in [0, 0.1) is 0 Å². The van der Waals surface area contributed by atoms with Crippen molar-refractivity contribution in [3.05, 3.63) is 0 Å². The van der Waals surface area contributed by atoms with Gasteiger partial charge in [-0.25, -0.2) is 0 Å². The van der Waals surface area contributed by atoms with Crippen LogP contribution < -0.4 is 0 Å². The molecule has 0 bridgehead atoms. The molecule has 0 spiro atoms. The average molecular weight is 944 g/mol. The van der Waals surface area contributed by atoms with E-state index in [4.69, 9.17) is 0 Å². The predicted octanol–water partition coefficient (Wildman–Crippen LogP) is -1.15. The molecular formula is BiCuMoPbSnWZn. The average Bonchev–Trinajstić information content (AvgIpc) is 0. The largest absolute Gasteiger partial charge is 0 e. The SMILES string of the molecule is [Bi].[Cu].[Mo].[Pb].[Sn].[W].[Zn]. The van der Waals surface area contributed by atoms with Crippen molar-refractivity contribution >= 4 is 77.4 Å². The van der Waals surface area contributed by atoms with Gasteiger partial charge in [0.1, 0.15) is 0 Å². The Hall–Kier alpha value is 5.12. The van der Waals surface area contributed by atoms with Gasteiger partial charge in [-0.15, -0.1) is 0 Å². The fourth-order valence-electron chi connectivity index (χ4n) is 0. The van der Waals surface area contributed by atoms with Crippen molar-refractivity contribution in [2.75, 3.05) is 0 Å². The molecule has 0 nitrogen and oxygen atoms in total. The molecule has 0 aliphatic heterocycles. The summed E-state index contributed by atoms with van der Waals surface area (Å²) in [6.45, 7) is 0. The second-order valence-electron chi connectivity index (χ2n) is 0. The molecule has 0 amide bonds. The van der Waals surface area contributed by atoms with Crippen molar-refractivity contribution in [2.45, 2.75) is 0 Å². The van der Waals surface area contributed by atoms with Crippen LogP contribution in [-0.2, 0) is 78.7 Å². The van der Waals surface area contributed by atoms with Crippen LogP contribution in [-0.4, -0.2) is 77.4 Å². The van der Waals surface area contributed by atoms with Gasteiger partial charge < -0.3 is 0 Å². The molecule has 0 aliphatic carbocycles. The number of hydrogen-bond acceptors (Lipinski definition) is 0. The normalized spacial score (nSPS) is 0. The summed E-state index contributed by atoms with van der Waals surface area (Å²) >= 11 is 0. The van der Waals surface area contributed by atoms with Gasteiger partial charge >= 0.3 is 0 Å². The summed E-state index contributed by atoms with van der Waals surface area (Å²) in [5, 5.41) is 0. The molecule has 38 valence electrons. The molecular weight excluding hydrogens is 944 g/mol. The Morgan fingerprint density at radius 3 is 1.00 bits per heavy atom. The minimum absolute atomic E-state index is 0. The third-order valence-corrected chi connectivity index (χ3v) is 0. The molecule has 0 aromatic carbocycles. The Bertz CT molecular complexity index is 19.7. The first-order chi connectivity index (χ1) is 0. The zero-order chi connectivity index (χ0) is 0. The van der Waals surface area contributed by atoms with Gasteiger partial charge in [0, 0.05) is 156 Å². The van der Waals surface area contributed by atoms with E-state index in [-0.39, 0.29) is 156 Å². The fourth-order valence-corrected chi connectivity index (χ4v) is 0. The van der Waals surface area contributed by atoms with Crippen LogP contribution in [0.15, 0.2) is 0 Å². The van der Waals surface area contributed by atoms with Crippen molar-refractivity contribution in [1.82, 2.24) is 0 Å². The third kappa shape index (κ3) is 35.3. The number of rotatable bonds is 0. The van der Waals surface area contributed by atoms with Crippen molar-refractivity contribution < 1.29 is 78.7 Å². The summed E-state index contributed by atoms with van der Waals surface area (Å²) < 4.78 is 0. The quantitative estimate of drug-likeness (QED) is 0.270. The van der Waals surface area contributed by atoms with Crippen molar-refractivity contribution in [3.63, 3.8) is 0 Å². The monoisotopic (exact) mass is 946 g/mol. The van der Waals surface area contributed by atoms with Gasteiger partial charge in [-0.3, -0.25) is 0 Å². The van der Waals surface area contributed by atoms with Crippen LogP contribution in [0.2, 0.25) is 0 Å². The van der Waals surface area contributed by atoms with Gasteiger partial charge in [-0.1, -0.05) is 0 Å². The van der Waals surface area contributed by atoms with Crippen LogP contribution >= 0.6 is 0 Å². The molecule has 0 fully saturated rings. The minimum atomic E-state index is 0. The van der Waals surface area contributed by atoms with Gasteiger partial charge in [0.2, 0.25) is 0 Å². The molecule has 0 aromatic rings. The van der Waals surface area contributed by atoms with E-state index < -0.39 is 0 Å². The first-order valence-electron chi connectivity index (χ1n) is 0. The van der Waals surface area contributed by atoms with Gasteiger partial charge in [0.05, 0.1) is 0 Å².